The minimum atomic E-state index is -0.306. The Morgan fingerprint density at radius 1 is 0.667 bits per heavy atom. The normalized spacial score (nSPS) is 15.7. The maximum Gasteiger partial charge on any atom is 0.369 e. The lowest BCUT2D eigenvalue weighted by atomic mass is 9.97. The molecule has 0 rings (SSSR count). The molecule has 0 saturated heterocycles. The number of aliphatic hydroxyl groups is 4. The third-order valence-corrected chi connectivity index (χ3v) is 5.84. The summed E-state index contributed by atoms with van der Waals surface area (Å²) in [5.74, 6) is 0.942. The van der Waals surface area contributed by atoms with E-state index < -0.39 is 0 Å². The second-order valence-corrected chi connectivity index (χ2v) is 8.50. The molecule has 0 aromatic heterocycles. The van der Waals surface area contributed by atoms with Crippen LogP contribution in [0.2, 0.25) is 0 Å². The standard InChI is InChI=1S/2C8H18O2.C8H17O.Al/c2*1-3-5-8(10)7(4-2)6-9;1-3-5-6-8(4-2)7-9;/h2*7-10H,3-6H2,1-2H3;8H,3-7H2,1-2H3;/q;;-1;+1. The van der Waals surface area contributed by atoms with E-state index in [9.17, 15) is 10.2 Å². The first-order valence-electron chi connectivity index (χ1n) is 12.3. The molecule has 5 unspecified atom stereocenters. The van der Waals surface area contributed by atoms with Crippen LogP contribution in [0.4, 0.5) is 0 Å². The van der Waals surface area contributed by atoms with Crippen molar-refractivity contribution in [2.45, 2.75) is 118 Å². The molecule has 0 amide bonds. The average Bonchev–Trinajstić information content (AvgIpc) is 2.74. The predicted molar refractivity (Wildman–Crippen MR) is 129 cm³/mol. The highest BCUT2D eigenvalue weighted by molar-refractivity contribution is 5.97. The molecule has 5 nitrogen and oxygen atoms in total. The van der Waals surface area contributed by atoms with Crippen LogP contribution in [0, 0.1) is 17.8 Å². The lowest BCUT2D eigenvalue weighted by molar-refractivity contribution is 0.0580. The van der Waals surface area contributed by atoms with Gasteiger partial charge < -0.3 is 24.2 Å². The van der Waals surface area contributed by atoms with E-state index >= 15 is 0 Å². The molecule has 4 N–H and O–H groups in total. The fourth-order valence-corrected chi connectivity index (χ4v) is 3.41. The summed E-state index contributed by atoms with van der Waals surface area (Å²) in [5, 5.41) is 36.2. The third kappa shape index (κ3) is 21.6. The van der Waals surface area contributed by atoms with Gasteiger partial charge in [-0.3, -0.25) is 0 Å². The van der Waals surface area contributed by atoms with Gasteiger partial charge in [0.15, 0.2) is 0 Å². The average molecular weight is 449 g/mol. The van der Waals surface area contributed by atoms with Gasteiger partial charge in [0.25, 0.3) is 0 Å². The van der Waals surface area contributed by atoms with Crippen molar-refractivity contribution in [1.82, 2.24) is 0 Å². The van der Waals surface area contributed by atoms with Crippen LogP contribution in [-0.2, 0) is 3.79 Å². The zero-order valence-electron chi connectivity index (χ0n) is 20.9. The Labute approximate surface area is 196 Å². The number of aliphatic hydroxyl groups excluding tert-OH is 4. The molecular weight excluding hydrogens is 395 g/mol. The van der Waals surface area contributed by atoms with E-state index in [1.54, 1.807) is 0 Å². The number of hydrogen-bond acceptors (Lipinski definition) is 5. The molecule has 6 heteroatoms. The van der Waals surface area contributed by atoms with Gasteiger partial charge in [0.2, 0.25) is 0 Å². The molecular formula is C24H53AlO5. The molecule has 2 radical (unpaired) electrons. The van der Waals surface area contributed by atoms with Gasteiger partial charge in [-0.05, 0) is 38.0 Å². The Bertz CT molecular complexity index is 279. The Hall–Kier alpha value is 0.332. The zero-order chi connectivity index (χ0) is 23.8. The summed E-state index contributed by atoms with van der Waals surface area (Å²) >= 11 is 2.32. The summed E-state index contributed by atoms with van der Waals surface area (Å²) in [6.45, 7) is 13.6. The summed E-state index contributed by atoms with van der Waals surface area (Å²) in [6, 6.07) is 0. The lowest BCUT2D eigenvalue weighted by Crippen LogP contribution is -2.22. The van der Waals surface area contributed by atoms with Crippen molar-refractivity contribution in [3.05, 3.63) is 0 Å². The fraction of sp³-hybridized carbons (Fsp3) is 1.00. The van der Waals surface area contributed by atoms with Gasteiger partial charge in [0.05, 0.1) is 12.2 Å². The van der Waals surface area contributed by atoms with E-state index in [1.165, 1.54) is 25.7 Å². The first-order chi connectivity index (χ1) is 14.4. The van der Waals surface area contributed by atoms with Gasteiger partial charge in [-0.1, -0.05) is 73.6 Å². The van der Waals surface area contributed by atoms with Crippen LogP contribution in [0.1, 0.15) is 106 Å². The summed E-state index contributed by atoms with van der Waals surface area (Å²) in [5.41, 5.74) is 0. The fourth-order valence-electron chi connectivity index (χ4n) is 3.14. The largest absolute Gasteiger partial charge is 0.516 e. The Balaban J connectivity index is -0.000000364. The first kappa shape index (κ1) is 34.9. The van der Waals surface area contributed by atoms with E-state index in [2.05, 4.69) is 30.5 Å². The molecule has 0 aliphatic heterocycles. The Morgan fingerprint density at radius 2 is 1.10 bits per heavy atom. The molecule has 0 aliphatic rings. The van der Waals surface area contributed by atoms with Crippen LogP contribution >= 0.6 is 0 Å². The highest BCUT2D eigenvalue weighted by atomic mass is 27.1. The van der Waals surface area contributed by atoms with Gasteiger partial charge in [-0.2, -0.15) is 0 Å². The monoisotopic (exact) mass is 448 g/mol. The second kappa shape index (κ2) is 27.4. The van der Waals surface area contributed by atoms with Crippen LogP contribution in [0.3, 0.4) is 0 Å². The van der Waals surface area contributed by atoms with E-state index in [0.717, 1.165) is 51.0 Å². The van der Waals surface area contributed by atoms with Crippen molar-refractivity contribution in [2.24, 2.45) is 17.8 Å². The predicted octanol–water partition coefficient (Wildman–Crippen LogP) is 4.63. The molecule has 0 heterocycles. The van der Waals surface area contributed by atoms with Crippen LogP contribution in [0.5, 0.6) is 0 Å². The molecule has 0 aromatic rings. The molecule has 182 valence electrons. The molecule has 0 fully saturated rings. The number of unbranched alkanes of at least 4 members (excludes halogenated alkanes) is 1. The van der Waals surface area contributed by atoms with Crippen LogP contribution in [-0.4, -0.2) is 69.1 Å². The zero-order valence-corrected chi connectivity index (χ0v) is 22.0. The smallest absolute Gasteiger partial charge is 0.369 e. The SMILES string of the molecule is CCCC(O)C(CC)CO.CCCC(O)C(CC)CO.CCCCC(CC)C[O][Al]. The lowest BCUT2D eigenvalue weighted by Gasteiger charge is -2.17. The maximum atomic E-state index is 9.35. The molecule has 5 atom stereocenters. The molecule has 0 saturated carbocycles. The summed E-state index contributed by atoms with van der Waals surface area (Å²) in [7, 11) is 0. The summed E-state index contributed by atoms with van der Waals surface area (Å²) < 4.78 is 5.01. The van der Waals surface area contributed by atoms with Crippen molar-refractivity contribution in [1.29, 1.82) is 0 Å². The molecule has 0 aliphatic carbocycles. The first-order valence-corrected chi connectivity index (χ1v) is 12.7. The molecule has 30 heavy (non-hydrogen) atoms. The van der Waals surface area contributed by atoms with Crippen molar-refractivity contribution in [3.63, 3.8) is 0 Å². The minimum absolute atomic E-state index is 0.0833. The van der Waals surface area contributed by atoms with Gasteiger partial charge in [0.1, 0.15) is 0 Å². The summed E-state index contributed by atoms with van der Waals surface area (Å²) in [4.78, 5) is 0. The molecule has 0 aromatic carbocycles. The van der Waals surface area contributed by atoms with E-state index in [-0.39, 0.29) is 37.3 Å². The maximum absolute atomic E-state index is 9.35. The van der Waals surface area contributed by atoms with Gasteiger partial charge >= 0.3 is 16.6 Å². The Morgan fingerprint density at radius 3 is 1.33 bits per heavy atom. The van der Waals surface area contributed by atoms with Crippen molar-refractivity contribution < 1.29 is 24.2 Å². The van der Waals surface area contributed by atoms with Gasteiger partial charge in [0, 0.05) is 31.7 Å². The quantitative estimate of drug-likeness (QED) is 0.258. The van der Waals surface area contributed by atoms with Crippen LogP contribution < -0.4 is 0 Å². The van der Waals surface area contributed by atoms with Gasteiger partial charge in [-0.25, -0.2) is 0 Å². The van der Waals surface area contributed by atoms with E-state index in [0.29, 0.717) is 0 Å². The molecule has 0 bridgehead atoms. The van der Waals surface area contributed by atoms with E-state index in [1.807, 2.05) is 27.7 Å². The summed E-state index contributed by atoms with van der Waals surface area (Å²) in [6.07, 6.45) is 9.89. The number of hydrogen-bond donors (Lipinski definition) is 4. The van der Waals surface area contributed by atoms with Crippen molar-refractivity contribution in [2.75, 3.05) is 19.8 Å². The topological polar surface area (TPSA) is 90.2 Å². The highest BCUT2D eigenvalue weighted by Crippen LogP contribution is 2.13. The second-order valence-electron chi connectivity index (χ2n) is 8.16. The molecule has 0 spiro atoms. The van der Waals surface area contributed by atoms with Crippen LogP contribution in [0.15, 0.2) is 0 Å². The van der Waals surface area contributed by atoms with E-state index in [4.69, 9.17) is 14.0 Å². The minimum Gasteiger partial charge on any atom is -0.516 e. The number of rotatable bonds is 16. The highest BCUT2D eigenvalue weighted by Gasteiger charge is 2.15. The van der Waals surface area contributed by atoms with Crippen molar-refractivity contribution in [3.8, 4) is 0 Å². The van der Waals surface area contributed by atoms with Gasteiger partial charge in [-0.15, -0.1) is 0 Å². The van der Waals surface area contributed by atoms with Crippen molar-refractivity contribution >= 4 is 16.6 Å². The Kier molecular flexibility index (Phi) is 31.9. The third-order valence-electron chi connectivity index (χ3n) is 5.65. The van der Waals surface area contributed by atoms with Crippen LogP contribution in [0.25, 0.3) is 0 Å².